The molecule has 2 N–H and O–H groups in total. The molecule has 4 rings (SSSR count). The van der Waals surface area contributed by atoms with Crippen LogP contribution in [0.3, 0.4) is 0 Å². The van der Waals surface area contributed by atoms with Crippen molar-refractivity contribution in [2.24, 2.45) is 33.7 Å². The number of aliphatic hydroxyl groups is 1. The number of hydrazone groups is 1. The van der Waals surface area contributed by atoms with Crippen LogP contribution < -0.4 is 4.83 Å². The topological polar surface area (TPSA) is 78.8 Å². The van der Waals surface area contributed by atoms with Gasteiger partial charge in [-0.1, -0.05) is 25.3 Å². The number of allylic oxidation sites excluding steroid dienone is 2. The first-order valence-electron chi connectivity index (χ1n) is 11.0. The van der Waals surface area contributed by atoms with Crippen LogP contribution in [-0.4, -0.2) is 31.1 Å². The van der Waals surface area contributed by atoms with Gasteiger partial charge in [0, 0.05) is 21.3 Å². The smallest absolute Gasteiger partial charge is 0.244 e. The second kappa shape index (κ2) is 7.35. The van der Waals surface area contributed by atoms with Gasteiger partial charge in [-0.25, -0.2) is 13.2 Å². The van der Waals surface area contributed by atoms with Gasteiger partial charge < -0.3 is 5.11 Å². The van der Waals surface area contributed by atoms with E-state index < -0.39 is 15.6 Å². The van der Waals surface area contributed by atoms with Crippen molar-refractivity contribution in [3.63, 3.8) is 0 Å². The molecule has 30 heavy (non-hydrogen) atoms. The summed E-state index contributed by atoms with van der Waals surface area (Å²) in [6.07, 6.45) is 9.07. The zero-order valence-corrected chi connectivity index (χ0v) is 20.8. The van der Waals surface area contributed by atoms with E-state index in [9.17, 15) is 13.5 Å². The molecule has 0 aromatic carbocycles. The van der Waals surface area contributed by atoms with Gasteiger partial charge in [0.15, 0.2) is 0 Å². The third-order valence-corrected chi connectivity index (χ3v) is 9.81. The average molecular weight is 497 g/mol. The van der Waals surface area contributed by atoms with Gasteiger partial charge in [0.25, 0.3) is 0 Å². The minimum absolute atomic E-state index is 0.137. The van der Waals surface area contributed by atoms with Gasteiger partial charge in [-0.2, -0.15) is 5.10 Å². The van der Waals surface area contributed by atoms with E-state index in [-0.39, 0.29) is 10.8 Å². The summed E-state index contributed by atoms with van der Waals surface area (Å²) in [5, 5.41) is 15.6. The maximum atomic E-state index is 11.5. The lowest BCUT2D eigenvalue weighted by Gasteiger charge is -2.59. The molecule has 0 aromatic heterocycles. The Bertz CT molecular complexity index is 978. The van der Waals surface area contributed by atoms with E-state index in [2.05, 4.69) is 57.4 Å². The molecule has 4 aliphatic carbocycles. The second-order valence-corrected chi connectivity index (χ2v) is 12.6. The minimum Gasteiger partial charge on any atom is -0.377 e. The van der Waals surface area contributed by atoms with Crippen molar-refractivity contribution in [3.8, 4) is 10.8 Å². The Hall–Kier alpha value is -0.840. The van der Waals surface area contributed by atoms with Crippen molar-refractivity contribution in [2.75, 3.05) is 6.26 Å². The van der Waals surface area contributed by atoms with E-state index in [4.69, 9.17) is 0 Å². The summed E-state index contributed by atoms with van der Waals surface area (Å²) >= 11 is 3.21. The first-order chi connectivity index (χ1) is 14.0. The summed E-state index contributed by atoms with van der Waals surface area (Å²) < 4.78 is 23.0. The van der Waals surface area contributed by atoms with E-state index in [0.29, 0.717) is 17.8 Å². The van der Waals surface area contributed by atoms with Crippen LogP contribution in [0, 0.1) is 39.3 Å². The van der Waals surface area contributed by atoms with Gasteiger partial charge in [-0.3, -0.25) is 0 Å². The third kappa shape index (κ3) is 3.29. The van der Waals surface area contributed by atoms with Gasteiger partial charge in [-0.15, -0.1) is 0 Å². The highest BCUT2D eigenvalue weighted by Crippen LogP contribution is 2.67. The fraction of sp³-hybridized carbons (Fsp3) is 0.783. The Morgan fingerprint density at radius 2 is 1.83 bits per heavy atom. The molecule has 0 aliphatic heterocycles. The third-order valence-electron chi connectivity index (χ3n) is 9.19. The number of halogens is 1. The number of sulfonamides is 1. The molecule has 166 valence electrons. The van der Waals surface area contributed by atoms with Crippen molar-refractivity contribution in [3.05, 3.63) is 11.1 Å². The van der Waals surface area contributed by atoms with Crippen molar-refractivity contribution < 1.29 is 13.5 Å². The molecule has 0 bridgehead atoms. The standard InChI is InChI=1S/C23H33BrN2O3S/c1-15-17-6-5-16-18(21(17,2)10-9-20(15)25-26-30(4,28)29)7-11-22(3)19(16)8-12-23(22,27)13-14-24/h16,18-19,26-27H,5-12H2,1-4H3/b25-20+/t16-,18+,19+,21+,22+,23-/m1/s1. The Labute approximate surface area is 189 Å². The Morgan fingerprint density at radius 1 is 1.13 bits per heavy atom. The van der Waals surface area contributed by atoms with Crippen molar-refractivity contribution in [1.29, 1.82) is 0 Å². The molecule has 0 aromatic rings. The van der Waals surface area contributed by atoms with E-state index in [1.165, 1.54) is 11.1 Å². The van der Waals surface area contributed by atoms with Crippen LogP contribution in [0.1, 0.15) is 72.1 Å². The molecule has 0 spiro atoms. The number of hydrogen-bond donors (Lipinski definition) is 2. The summed E-state index contributed by atoms with van der Waals surface area (Å²) in [5.41, 5.74) is 2.65. The lowest BCUT2D eigenvalue weighted by atomic mass is 9.46. The summed E-state index contributed by atoms with van der Waals surface area (Å²) in [7, 11) is -3.34. The number of nitrogens with zero attached hydrogens (tertiary/aromatic N) is 1. The average Bonchev–Trinajstić information content (AvgIpc) is 2.92. The molecule has 3 saturated carbocycles. The SMILES string of the molecule is CC1=C2CC[C@@H]3[C@H](CC[C@@]4(C)[C@H]3CC[C@@]4(O)C#CBr)[C@@]2(C)CC/C1=N\NS(C)(=O)=O. The molecule has 0 radical (unpaired) electrons. The van der Waals surface area contributed by atoms with Crippen molar-refractivity contribution in [1.82, 2.24) is 4.83 Å². The molecule has 5 nitrogen and oxygen atoms in total. The monoisotopic (exact) mass is 496 g/mol. The second-order valence-electron chi connectivity index (χ2n) is 10.4. The number of nitrogens with one attached hydrogen (secondary N) is 1. The lowest BCUT2D eigenvalue weighted by Crippen LogP contribution is -2.54. The first-order valence-corrected chi connectivity index (χ1v) is 13.7. The number of hydrogen-bond acceptors (Lipinski definition) is 4. The van der Waals surface area contributed by atoms with Crippen molar-refractivity contribution >= 4 is 31.7 Å². The first kappa shape index (κ1) is 22.4. The highest BCUT2D eigenvalue weighted by Gasteiger charge is 2.63. The molecular formula is C23H33BrN2O3S. The molecule has 3 fully saturated rings. The number of fused-ring (bicyclic) bond motifs is 5. The quantitative estimate of drug-likeness (QED) is 0.440. The lowest BCUT2D eigenvalue weighted by molar-refractivity contribution is -0.0989. The normalized spacial score (nSPS) is 44.6. The Morgan fingerprint density at radius 3 is 2.50 bits per heavy atom. The summed E-state index contributed by atoms with van der Waals surface area (Å²) in [4.78, 5) is 5.13. The van der Waals surface area contributed by atoms with Crippen LogP contribution in [-0.2, 0) is 10.0 Å². The number of rotatable bonds is 2. The Balaban J connectivity index is 1.65. The van der Waals surface area contributed by atoms with Crippen LogP contribution in [0.25, 0.3) is 0 Å². The maximum Gasteiger partial charge on any atom is 0.244 e. The molecule has 0 saturated heterocycles. The predicted molar refractivity (Wildman–Crippen MR) is 123 cm³/mol. The van der Waals surface area contributed by atoms with Crippen LogP contribution in [0.15, 0.2) is 16.2 Å². The highest BCUT2D eigenvalue weighted by atomic mass is 79.9. The molecule has 0 unspecified atom stereocenters. The zero-order chi connectivity index (χ0) is 21.9. The molecule has 7 heteroatoms. The highest BCUT2D eigenvalue weighted by molar-refractivity contribution is 9.12. The van der Waals surface area contributed by atoms with Gasteiger partial charge in [0.1, 0.15) is 5.60 Å². The van der Waals surface area contributed by atoms with E-state index in [1.54, 1.807) is 0 Å². The molecule has 0 heterocycles. The molecule has 4 aliphatic rings. The van der Waals surface area contributed by atoms with Gasteiger partial charge in [0.05, 0.1) is 12.0 Å². The predicted octanol–water partition coefficient (Wildman–Crippen LogP) is 4.33. The summed E-state index contributed by atoms with van der Waals surface area (Å²) in [6.45, 7) is 6.80. The molecular weight excluding hydrogens is 464 g/mol. The van der Waals surface area contributed by atoms with Crippen LogP contribution in [0.4, 0.5) is 0 Å². The van der Waals surface area contributed by atoms with Gasteiger partial charge in [0.2, 0.25) is 10.0 Å². The van der Waals surface area contributed by atoms with E-state index >= 15 is 0 Å². The zero-order valence-electron chi connectivity index (χ0n) is 18.4. The van der Waals surface area contributed by atoms with Crippen LogP contribution in [0.2, 0.25) is 0 Å². The van der Waals surface area contributed by atoms with E-state index in [0.717, 1.165) is 63.3 Å². The largest absolute Gasteiger partial charge is 0.377 e. The van der Waals surface area contributed by atoms with Crippen molar-refractivity contribution in [2.45, 2.75) is 77.7 Å². The fourth-order valence-electron chi connectivity index (χ4n) is 7.57. The maximum absolute atomic E-state index is 11.5. The Kier molecular flexibility index (Phi) is 5.48. The van der Waals surface area contributed by atoms with Crippen LogP contribution in [0.5, 0.6) is 0 Å². The summed E-state index contributed by atoms with van der Waals surface area (Å²) in [5.74, 6) is 4.84. The van der Waals surface area contributed by atoms with Crippen LogP contribution >= 0.6 is 15.9 Å². The van der Waals surface area contributed by atoms with E-state index in [1.807, 2.05) is 0 Å². The fourth-order valence-corrected chi connectivity index (χ4v) is 8.17. The van der Waals surface area contributed by atoms with Gasteiger partial charge >= 0.3 is 0 Å². The minimum atomic E-state index is -3.34. The summed E-state index contributed by atoms with van der Waals surface area (Å²) in [6, 6.07) is 0. The van der Waals surface area contributed by atoms with Gasteiger partial charge in [-0.05, 0) is 91.9 Å². The molecule has 0 amide bonds. The molecule has 6 atom stereocenters.